The molecule has 0 fully saturated rings. The quantitative estimate of drug-likeness (QED) is 0.779. The molecule has 0 spiro atoms. The van der Waals surface area contributed by atoms with Crippen LogP contribution in [0.3, 0.4) is 0 Å². The number of carbonyl (C=O) groups is 1. The molecule has 0 saturated carbocycles. The van der Waals surface area contributed by atoms with E-state index in [1.807, 2.05) is 37.7 Å². The van der Waals surface area contributed by atoms with Crippen LogP contribution in [-0.2, 0) is 4.79 Å². The van der Waals surface area contributed by atoms with E-state index < -0.39 is 11.5 Å². The Balaban J connectivity index is 2.74. The Morgan fingerprint density at radius 1 is 1.67 bits per heavy atom. The van der Waals surface area contributed by atoms with Crippen molar-refractivity contribution in [1.29, 1.82) is 0 Å². The van der Waals surface area contributed by atoms with Crippen LogP contribution < -0.4 is 5.32 Å². The Morgan fingerprint density at radius 2 is 2.33 bits per heavy atom. The van der Waals surface area contributed by atoms with Crippen LogP contribution in [0.1, 0.15) is 45.3 Å². The summed E-state index contributed by atoms with van der Waals surface area (Å²) in [5.41, 5.74) is 0.0374. The summed E-state index contributed by atoms with van der Waals surface area (Å²) in [5, 5.41) is 16.8. The SMILES string of the molecule is CCCNC(C)(CC(C)n1ccc(C)n1)C(=O)O. The van der Waals surface area contributed by atoms with Gasteiger partial charge in [-0.1, -0.05) is 6.92 Å². The van der Waals surface area contributed by atoms with Crippen molar-refractivity contribution in [3.8, 4) is 0 Å². The normalized spacial score (nSPS) is 16.2. The van der Waals surface area contributed by atoms with E-state index in [2.05, 4.69) is 10.4 Å². The highest BCUT2D eigenvalue weighted by molar-refractivity contribution is 5.78. The van der Waals surface area contributed by atoms with Crippen LogP contribution in [-0.4, -0.2) is 32.9 Å². The van der Waals surface area contributed by atoms with Crippen molar-refractivity contribution < 1.29 is 9.90 Å². The fourth-order valence-electron chi connectivity index (χ4n) is 2.00. The number of rotatable bonds is 7. The highest BCUT2D eigenvalue weighted by Gasteiger charge is 2.34. The minimum Gasteiger partial charge on any atom is -0.480 e. The molecule has 2 atom stereocenters. The maximum absolute atomic E-state index is 11.4. The summed E-state index contributed by atoms with van der Waals surface area (Å²) >= 11 is 0. The van der Waals surface area contributed by atoms with Gasteiger partial charge in [-0.05, 0) is 46.2 Å². The van der Waals surface area contributed by atoms with Gasteiger partial charge < -0.3 is 10.4 Å². The molecule has 5 nitrogen and oxygen atoms in total. The predicted molar refractivity (Wildman–Crippen MR) is 70.6 cm³/mol. The number of aromatic nitrogens is 2. The lowest BCUT2D eigenvalue weighted by Crippen LogP contribution is -2.51. The van der Waals surface area contributed by atoms with E-state index in [9.17, 15) is 9.90 Å². The zero-order valence-electron chi connectivity index (χ0n) is 11.6. The molecule has 0 radical (unpaired) electrons. The average Bonchev–Trinajstić information content (AvgIpc) is 2.73. The number of aliphatic carboxylic acids is 1. The first kappa shape index (κ1) is 14.7. The van der Waals surface area contributed by atoms with E-state index >= 15 is 0 Å². The lowest BCUT2D eigenvalue weighted by atomic mass is 9.93. The van der Waals surface area contributed by atoms with Crippen LogP contribution in [0.4, 0.5) is 0 Å². The summed E-state index contributed by atoms with van der Waals surface area (Å²) in [7, 11) is 0. The minimum absolute atomic E-state index is 0.0455. The first-order valence-corrected chi connectivity index (χ1v) is 6.39. The van der Waals surface area contributed by atoms with Crippen molar-refractivity contribution in [2.45, 2.75) is 52.1 Å². The van der Waals surface area contributed by atoms with Crippen molar-refractivity contribution in [3.63, 3.8) is 0 Å². The minimum atomic E-state index is -0.907. The fraction of sp³-hybridized carbons (Fsp3) is 0.692. The second-order valence-corrected chi connectivity index (χ2v) is 5.05. The standard InChI is InChI=1S/C13H23N3O2/c1-5-7-14-13(4,12(17)18)9-11(3)16-8-6-10(2)15-16/h6,8,11,14H,5,7,9H2,1-4H3,(H,17,18). The van der Waals surface area contributed by atoms with E-state index in [-0.39, 0.29) is 6.04 Å². The Morgan fingerprint density at radius 3 is 2.78 bits per heavy atom. The molecule has 2 N–H and O–H groups in total. The van der Waals surface area contributed by atoms with Gasteiger partial charge in [0.05, 0.1) is 11.7 Å². The number of nitrogens with one attached hydrogen (secondary N) is 1. The molecule has 5 heteroatoms. The van der Waals surface area contributed by atoms with E-state index in [4.69, 9.17) is 0 Å². The van der Waals surface area contributed by atoms with Crippen LogP contribution in [0.15, 0.2) is 12.3 Å². The molecular weight excluding hydrogens is 230 g/mol. The van der Waals surface area contributed by atoms with Crippen molar-refractivity contribution >= 4 is 5.97 Å². The smallest absolute Gasteiger partial charge is 0.323 e. The van der Waals surface area contributed by atoms with E-state index in [0.717, 1.165) is 12.1 Å². The molecule has 1 aromatic rings. The van der Waals surface area contributed by atoms with Gasteiger partial charge >= 0.3 is 5.97 Å². The van der Waals surface area contributed by atoms with E-state index in [1.165, 1.54) is 0 Å². The molecule has 0 aliphatic heterocycles. The number of nitrogens with zero attached hydrogens (tertiary/aromatic N) is 2. The summed E-state index contributed by atoms with van der Waals surface area (Å²) in [6.45, 7) is 8.37. The molecule has 0 amide bonds. The van der Waals surface area contributed by atoms with Gasteiger partial charge in [-0.2, -0.15) is 5.10 Å². The summed E-state index contributed by atoms with van der Waals surface area (Å²) in [4.78, 5) is 11.4. The maximum Gasteiger partial charge on any atom is 0.323 e. The van der Waals surface area contributed by atoms with Crippen LogP contribution in [0, 0.1) is 6.92 Å². The number of hydrogen-bond donors (Lipinski definition) is 2. The van der Waals surface area contributed by atoms with E-state index in [1.54, 1.807) is 6.92 Å². The zero-order chi connectivity index (χ0) is 13.8. The van der Waals surface area contributed by atoms with Gasteiger partial charge in [-0.15, -0.1) is 0 Å². The molecule has 0 bridgehead atoms. The number of aryl methyl sites for hydroxylation is 1. The molecule has 1 heterocycles. The van der Waals surface area contributed by atoms with Crippen molar-refractivity contribution in [3.05, 3.63) is 18.0 Å². The van der Waals surface area contributed by atoms with Gasteiger partial charge in [0.1, 0.15) is 5.54 Å². The lowest BCUT2D eigenvalue weighted by Gasteiger charge is -2.29. The summed E-state index contributed by atoms with van der Waals surface area (Å²) in [5.74, 6) is -0.813. The molecular formula is C13H23N3O2. The summed E-state index contributed by atoms with van der Waals surface area (Å²) < 4.78 is 1.82. The molecule has 102 valence electrons. The van der Waals surface area contributed by atoms with Crippen molar-refractivity contribution in [2.75, 3.05) is 6.54 Å². The molecule has 1 aromatic heterocycles. The summed E-state index contributed by atoms with van der Waals surface area (Å²) in [6, 6.07) is 1.97. The first-order chi connectivity index (χ1) is 8.39. The van der Waals surface area contributed by atoms with Gasteiger partial charge in [-0.3, -0.25) is 9.48 Å². The number of carboxylic acids is 1. The van der Waals surface area contributed by atoms with Crippen LogP contribution in [0.2, 0.25) is 0 Å². The Bertz CT molecular complexity index is 403. The predicted octanol–water partition coefficient (Wildman–Crippen LogP) is 1.99. The molecule has 1 rings (SSSR count). The largest absolute Gasteiger partial charge is 0.480 e. The third kappa shape index (κ3) is 3.57. The van der Waals surface area contributed by atoms with Crippen LogP contribution in [0.5, 0.6) is 0 Å². The Hall–Kier alpha value is -1.36. The van der Waals surface area contributed by atoms with E-state index in [0.29, 0.717) is 13.0 Å². The topological polar surface area (TPSA) is 67.2 Å². The molecule has 0 saturated heterocycles. The summed E-state index contributed by atoms with van der Waals surface area (Å²) in [6.07, 6.45) is 3.31. The molecule has 0 aromatic carbocycles. The Kier molecular flexibility index (Phi) is 4.90. The second-order valence-electron chi connectivity index (χ2n) is 5.05. The number of carboxylic acid groups (broad SMARTS) is 1. The van der Waals surface area contributed by atoms with Crippen LogP contribution in [0.25, 0.3) is 0 Å². The molecule has 0 aliphatic rings. The highest BCUT2D eigenvalue weighted by Crippen LogP contribution is 2.21. The highest BCUT2D eigenvalue weighted by atomic mass is 16.4. The maximum atomic E-state index is 11.4. The molecule has 2 unspecified atom stereocenters. The van der Waals surface area contributed by atoms with Gasteiger partial charge in [0.15, 0.2) is 0 Å². The third-order valence-corrected chi connectivity index (χ3v) is 3.13. The van der Waals surface area contributed by atoms with Gasteiger partial charge in [0.2, 0.25) is 0 Å². The fourth-order valence-corrected chi connectivity index (χ4v) is 2.00. The second kappa shape index (κ2) is 6.00. The van der Waals surface area contributed by atoms with Crippen LogP contribution >= 0.6 is 0 Å². The van der Waals surface area contributed by atoms with Gasteiger partial charge in [0, 0.05) is 6.20 Å². The molecule has 0 aliphatic carbocycles. The molecule has 18 heavy (non-hydrogen) atoms. The lowest BCUT2D eigenvalue weighted by molar-refractivity contribution is -0.144. The number of hydrogen-bond acceptors (Lipinski definition) is 3. The Labute approximate surface area is 108 Å². The van der Waals surface area contributed by atoms with Crippen molar-refractivity contribution in [2.24, 2.45) is 0 Å². The van der Waals surface area contributed by atoms with Crippen molar-refractivity contribution in [1.82, 2.24) is 15.1 Å². The average molecular weight is 253 g/mol. The first-order valence-electron chi connectivity index (χ1n) is 6.39. The van der Waals surface area contributed by atoms with Gasteiger partial charge in [-0.25, -0.2) is 0 Å². The third-order valence-electron chi connectivity index (χ3n) is 3.13. The van der Waals surface area contributed by atoms with Gasteiger partial charge in [0.25, 0.3) is 0 Å². The monoisotopic (exact) mass is 253 g/mol. The zero-order valence-corrected chi connectivity index (χ0v) is 11.6.